The molecule has 5 heteroatoms. The van der Waals surface area contributed by atoms with E-state index in [-0.39, 0.29) is 0 Å². The largest absolute Gasteiger partial charge is 0.479 e. The molecule has 0 spiro atoms. The molecule has 6 N–H and O–H groups in total. The normalized spacial score (nSPS) is 19.1. The summed E-state index contributed by atoms with van der Waals surface area (Å²) >= 11 is 0. The van der Waals surface area contributed by atoms with Crippen LogP contribution in [0.5, 0.6) is 0 Å². The lowest BCUT2D eigenvalue weighted by Gasteiger charge is -2.12. The standard InChI is InChI=1S/C6H13NO3.C3H7N/c1-2-3-4(7)5(8)6(9)10;4-3-1-2-3/h4-5,8H,2-3,7H2,1H3,(H,9,10);3H,1-2,4H2. The summed E-state index contributed by atoms with van der Waals surface area (Å²) in [6.07, 6.45) is 2.43. The minimum absolute atomic E-state index is 0.535. The summed E-state index contributed by atoms with van der Waals surface area (Å²) in [6.45, 7) is 1.88. The van der Waals surface area contributed by atoms with Crippen LogP contribution >= 0.6 is 0 Å². The summed E-state index contributed by atoms with van der Waals surface area (Å²) in [5.41, 5.74) is 10.5. The maximum absolute atomic E-state index is 10.1. The van der Waals surface area contributed by atoms with Crippen LogP contribution in [0.25, 0.3) is 0 Å². The van der Waals surface area contributed by atoms with Gasteiger partial charge in [0.15, 0.2) is 6.10 Å². The van der Waals surface area contributed by atoms with Crippen molar-refractivity contribution >= 4 is 5.97 Å². The van der Waals surface area contributed by atoms with E-state index in [9.17, 15) is 4.79 Å². The SMILES string of the molecule is CCCC(N)C(O)C(=O)O.NC1CC1. The molecule has 1 fully saturated rings. The molecule has 0 aliphatic heterocycles. The van der Waals surface area contributed by atoms with E-state index in [2.05, 4.69) is 0 Å². The van der Waals surface area contributed by atoms with Gasteiger partial charge in [0, 0.05) is 12.1 Å². The molecule has 0 aromatic rings. The molecule has 2 unspecified atom stereocenters. The van der Waals surface area contributed by atoms with Gasteiger partial charge in [-0.1, -0.05) is 13.3 Å². The van der Waals surface area contributed by atoms with E-state index in [0.29, 0.717) is 12.5 Å². The maximum Gasteiger partial charge on any atom is 0.334 e. The maximum atomic E-state index is 10.1. The van der Waals surface area contributed by atoms with Crippen molar-refractivity contribution in [2.24, 2.45) is 11.5 Å². The molecule has 2 atom stereocenters. The van der Waals surface area contributed by atoms with Crippen molar-refractivity contribution in [3.8, 4) is 0 Å². The highest BCUT2D eigenvalue weighted by atomic mass is 16.4. The first-order chi connectivity index (χ1) is 6.49. The summed E-state index contributed by atoms with van der Waals surface area (Å²) in [4.78, 5) is 10.1. The summed E-state index contributed by atoms with van der Waals surface area (Å²) in [5.74, 6) is -1.25. The number of hydrogen-bond donors (Lipinski definition) is 4. The molecule has 1 saturated carbocycles. The topological polar surface area (TPSA) is 110 Å². The Morgan fingerprint density at radius 2 is 2.00 bits per heavy atom. The fourth-order valence-corrected chi connectivity index (χ4v) is 0.771. The zero-order valence-corrected chi connectivity index (χ0v) is 8.52. The molecule has 0 radical (unpaired) electrons. The van der Waals surface area contributed by atoms with E-state index >= 15 is 0 Å². The quantitative estimate of drug-likeness (QED) is 0.501. The summed E-state index contributed by atoms with van der Waals surface area (Å²) in [5, 5.41) is 17.1. The Morgan fingerprint density at radius 3 is 2.21 bits per heavy atom. The van der Waals surface area contributed by atoms with E-state index < -0.39 is 18.1 Å². The van der Waals surface area contributed by atoms with Crippen LogP contribution in [0.1, 0.15) is 32.6 Å². The Morgan fingerprint density at radius 1 is 1.57 bits per heavy atom. The van der Waals surface area contributed by atoms with Crippen LogP contribution in [0.15, 0.2) is 0 Å². The van der Waals surface area contributed by atoms with Gasteiger partial charge in [-0.2, -0.15) is 0 Å². The first-order valence-electron chi connectivity index (χ1n) is 4.91. The highest BCUT2D eigenvalue weighted by molar-refractivity contribution is 5.72. The zero-order chi connectivity index (χ0) is 11.1. The van der Waals surface area contributed by atoms with Crippen LogP contribution < -0.4 is 11.5 Å². The van der Waals surface area contributed by atoms with E-state index in [1.807, 2.05) is 6.92 Å². The van der Waals surface area contributed by atoms with Crippen LogP contribution in [0.2, 0.25) is 0 Å². The minimum atomic E-state index is -1.42. The van der Waals surface area contributed by atoms with Crippen LogP contribution in [0.3, 0.4) is 0 Å². The molecule has 5 nitrogen and oxygen atoms in total. The number of hydrogen-bond acceptors (Lipinski definition) is 4. The van der Waals surface area contributed by atoms with Gasteiger partial charge in [0.25, 0.3) is 0 Å². The lowest BCUT2D eigenvalue weighted by atomic mass is 10.1. The van der Waals surface area contributed by atoms with Gasteiger partial charge in [-0.25, -0.2) is 4.79 Å². The van der Waals surface area contributed by atoms with Crippen molar-refractivity contribution in [2.75, 3.05) is 0 Å². The second kappa shape index (κ2) is 6.75. The van der Waals surface area contributed by atoms with Crippen molar-refractivity contribution in [1.82, 2.24) is 0 Å². The Hall–Kier alpha value is -0.650. The molecule has 0 bridgehead atoms. The number of carboxylic acid groups (broad SMARTS) is 1. The number of aliphatic hydroxyl groups excluding tert-OH is 1. The van der Waals surface area contributed by atoms with Gasteiger partial charge in [0.2, 0.25) is 0 Å². The smallest absolute Gasteiger partial charge is 0.334 e. The summed E-state index contributed by atoms with van der Waals surface area (Å²) in [7, 11) is 0. The average Bonchev–Trinajstić information content (AvgIpc) is 2.87. The lowest BCUT2D eigenvalue weighted by molar-refractivity contribution is -0.147. The third kappa shape index (κ3) is 6.82. The molecule has 1 aliphatic carbocycles. The minimum Gasteiger partial charge on any atom is -0.479 e. The van der Waals surface area contributed by atoms with Gasteiger partial charge in [-0.3, -0.25) is 0 Å². The molecule has 14 heavy (non-hydrogen) atoms. The van der Waals surface area contributed by atoms with Crippen LogP contribution in [-0.4, -0.2) is 34.4 Å². The van der Waals surface area contributed by atoms with E-state index in [1.54, 1.807) is 0 Å². The molecular weight excluding hydrogens is 184 g/mol. The number of aliphatic carboxylic acids is 1. The molecule has 0 aromatic carbocycles. The van der Waals surface area contributed by atoms with Gasteiger partial charge in [0.05, 0.1) is 0 Å². The molecular formula is C9H20N2O3. The average molecular weight is 204 g/mol. The number of nitrogens with two attached hydrogens (primary N) is 2. The lowest BCUT2D eigenvalue weighted by Crippen LogP contribution is -2.40. The molecule has 0 amide bonds. The number of carbonyl (C=O) groups is 1. The van der Waals surface area contributed by atoms with Gasteiger partial charge in [-0.15, -0.1) is 0 Å². The van der Waals surface area contributed by atoms with Crippen molar-refractivity contribution in [3.05, 3.63) is 0 Å². The van der Waals surface area contributed by atoms with Crippen molar-refractivity contribution in [2.45, 2.75) is 50.8 Å². The van der Waals surface area contributed by atoms with E-state index in [1.165, 1.54) is 12.8 Å². The predicted molar refractivity (Wildman–Crippen MR) is 53.7 cm³/mol. The highest BCUT2D eigenvalue weighted by Crippen LogP contribution is 2.13. The van der Waals surface area contributed by atoms with Gasteiger partial charge < -0.3 is 21.7 Å². The Balaban J connectivity index is 0.000000344. The molecule has 84 valence electrons. The van der Waals surface area contributed by atoms with Gasteiger partial charge >= 0.3 is 5.97 Å². The summed E-state index contributed by atoms with van der Waals surface area (Å²) in [6, 6.07) is -0.0532. The van der Waals surface area contributed by atoms with Crippen molar-refractivity contribution in [3.63, 3.8) is 0 Å². The highest BCUT2D eigenvalue weighted by Gasteiger charge is 2.20. The van der Waals surface area contributed by atoms with Crippen molar-refractivity contribution < 1.29 is 15.0 Å². The summed E-state index contributed by atoms with van der Waals surface area (Å²) < 4.78 is 0. The molecule has 1 aliphatic rings. The predicted octanol–water partition coefficient (Wildman–Crippen LogP) is -0.333. The second-order valence-electron chi connectivity index (χ2n) is 3.57. The van der Waals surface area contributed by atoms with Crippen LogP contribution in [0, 0.1) is 0 Å². The third-order valence-electron chi connectivity index (χ3n) is 1.90. The first kappa shape index (κ1) is 13.4. The number of aliphatic hydroxyl groups is 1. The van der Waals surface area contributed by atoms with Crippen LogP contribution in [-0.2, 0) is 4.79 Å². The molecule has 1 rings (SSSR count). The fraction of sp³-hybridized carbons (Fsp3) is 0.889. The zero-order valence-electron chi connectivity index (χ0n) is 8.52. The van der Waals surface area contributed by atoms with Crippen molar-refractivity contribution in [1.29, 1.82) is 0 Å². The van der Waals surface area contributed by atoms with E-state index in [0.717, 1.165) is 6.42 Å². The van der Waals surface area contributed by atoms with Gasteiger partial charge in [-0.05, 0) is 19.3 Å². The monoisotopic (exact) mass is 204 g/mol. The first-order valence-corrected chi connectivity index (χ1v) is 4.91. The fourth-order valence-electron chi connectivity index (χ4n) is 0.771. The van der Waals surface area contributed by atoms with Gasteiger partial charge in [0.1, 0.15) is 0 Å². The second-order valence-corrected chi connectivity index (χ2v) is 3.57. The number of carboxylic acids is 1. The third-order valence-corrected chi connectivity index (χ3v) is 1.90. The van der Waals surface area contributed by atoms with Crippen LogP contribution in [0.4, 0.5) is 0 Å². The number of rotatable bonds is 4. The molecule has 0 heterocycles. The molecule has 0 saturated heterocycles. The Kier molecular flexibility index (Phi) is 6.44. The Bertz CT molecular complexity index is 171. The molecule has 0 aromatic heterocycles. The Labute approximate surface area is 84.1 Å². The van der Waals surface area contributed by atoms with E-state index in [4.69, 9.17) is 21.7 Å².